The molecule has 2 aliphatic rings. The number of hydroxylamine groups is 2. The number of carbonyl (C=O) groups is 2. The fourth-order valence-corrected chi connectivity index (χ4v) is 4.01. The summed E-state index contributed by atoms with van der Waals surface area (Å²) in [5.74, 6) is -1.76. The first-order valence-corrected chi connectivity index (χ1v) is 11.0. The van der Waals surface area contributed by atoms with Gasteiger partial charge in [-0.1, -0.05) is 6.07 Å². The molecular formula is C14H13F3N2O10S2. The van der Waals surface area contributed by atoms with Crippen molar-refractivity contribution in [2.24, 2.45) is 0 Å². The third kappa shape index (κ3) is 4.25. The van der Waals surface area contributed by atoms with Gasteiger partial charge >= 0.3 is 38.0 Å². The highest BCUT2D eigenvalue weighted by atomic mass is 32.3. The van der Waals surface area contributed by atoms with Gasteiger partial charge in [0, 0.05) is 0 Å². The van der Waals surface area contributed by atoms with Gasteiger partial charge in [-0.3, -0.25) is 4.55 Å². The number of benzene rings is 1. The molecule has 2 heterocycles. The number of esters is 1. The van der Waals surface area contributed by atoms with Crippen LogP contribution in [0.3, 0.4) is 0 Å². The number of amides is 2. The van der Waals surface area contributed by atoms with Gasteiger partial charge in [-0.25, -0.2) is 9.59 Å². The fourth-order valence-electron chi connectivity index (χ4n) is 3.18. The van der Waals surface area contributed by atoms with E-state index in [1.807, 2.05) is 0 Å². The lowest BCUT2D eigenvalue weighted by molar-refractivity contribution is -0.148. The van der Waals surface area contributed by atoms with Crippen LogP contribution in [0.4, 0.5) is 18.0 Å². The SMILES string of the molecule is CCOC(=O)C1c2ccc(OS(=O)(=O)C(F)(F)F)cc2[C@H]2CN1C(=O)N2OS(=O)(=O)O. The molecule has 0 spiro atoms. The second kappa shape index (κ2) is 7.50. The minimum atomic E-state index is -6.03. The zero-order chi connectivity index (χ0) is 23.4. The number of urea groups is 1. The number of alkyl halides is 3. The summed E-state index contributed by atoms with van der Waals surface area (Å²) in [7, 11) is -11.2. The number of carbonyl (C=O) groups excluding carboxylic acids is 2. The molecule has 1 aromatic carbocycles. The van der Waals surface area contributed by atoms with Gasteiger partial charge in [0.15, 0.2) is 6.04 Å². The first-order valence-electron chi connectivity index (χ1n) is 8.24. The third-order valence-electron chi connectivity index (χ3n) is 4.28. The van der Waals surface area contributed by atoms with E-state index in [9.17, 15) is 39.6 Å². The molecule has 0 radical (unpaired) electrons. The van der Waals surface area contributed by atoms with Crippen LogP contribution in [0.1, 0.15) is 30.1 Å². The van der Waals surface area contributed by atoms with Crippen molar-refractivity contribution in [1.29, 1.82) is 0 Å². The Bertz CT molecular complexity index is 1140. The first-order chi connectivity index (χ1) is 14.2. The first kappa shape index (κ1) is 23.0. The zero-order valence-electron chi connectivity index (χ0n) is 15.3. The highest BCUT2D eigenvalue weighted by Crippen LogP contribution is 2.46. The molecule has 1 saturated heterocycles. The molecule has 0 aromatic heterocycles. The Hall–Kier alpha value is -2.63. The molecule has 2 bridgehead atoms. The number of rotatable bonds is 6. The average molecular weight is 490 g/mol. The molecule has 1 aromatic rings. The predicted octanol–water partition coefficient (Wildman–Crippen LogP) is 1.05. The van der Waals surface area contributed by atoms with E-state index in [1.54, 1.807) is 0 Å². The summed E-state index contributed by atoms with van der Waals surface area (Å²) in [6, 6.07) is -1.32. The van der Waals surface area contributed by atoms with Gasteiger partial charge in [0.1, 0.15) is 11.8 Å². The van der Waals surface area contributed by atoms with Crippen molar-refractivity contribution in [2.75, 3.05) is 13.2 Å². The Kier molecular flexibility index (Phi) is 5.58. The number of fused-ring (bicyclic) bond motifs is 4. The molecule has 17 heteroatoms. The standard InChI is InChI=1S/C14H13F3N2O10S2/c1-2-27-12(20)11-8-4-3-7(28-30(22,23)14(15,16)17)5-9(8)10-6-18(11)13(21)19(10)29-31(24,25)26/h3-5,10-11H,2,6H2,1H3,(H,24,25,26)/t10-,11?/m1/s1. The highest BCUT2D eigenvalue weighted by Gasteiger charge is 2.53. The van der Waals surface area contributed by atoms with Crippen LogP contribution >= 0.6 is 0 Å². The molecule has 1 unspecified atom stereocenters. The largest absolute Gasteiger partial charge is 0.534 e. The number of ether oxygens (including phenoxy) is 1. The quantitative estimate of drug-likeness (QED) is 0.264. The van der Waals surface area contributed by atoms with E-state index in [0.717, 1.165) is 23.1 Å². The van der Waals surface area contributed by atoms with Gasteiger partial charge in [-0.2, -0.15) is 35.1 Å². The maximum absolute atomic E-state index is 12.6. The highest BCUT2D eigenvalue weighted by molar-refractivity contribution is 7.88. The molecule has 0 aliphatic carbocycles. The summed E-state index contributed by atoms with van der Waals surface area (Å²) < 4.78 is 105. The van der Waals surface area contributed by atoms with Crippen LogP contribution in [0, 0.1) is 0 Å². The molecule has 1 N–H and O–H groups in total. The van der Waals surface area contributed by atoms with Crippen molar-refractivity contribution < 1.29 is 57.4 Å². The maximum atomic E-state index is 12.6. The Morgan fingerprint density at radius 2 is 1.87 bits per heavy atom. The monoisotopic (exact) mass is 490 g/mol. The normalized spacial score (nSPS) is 21.1. The van der Waals surface area contributed by atoms with Gasteiger partial charge in [-0.05, 0) is 30.2 Å². The van der Waals surface area contributed by atoms with Gasteiger partial charge in [0.05, 0.1) is 13.2 Å². The van der Waals surface area contributed by atoms with E-state index >= 15 is 0 Å². The number of halogens is 3. The van der Waals surface area contributed by atoms with Gasteiger partial charge < -0.3 is 13.8 Å². The zero-order valence-corrected chi connectivity index (χ0v) is 16.9. The lowest BCUT2D eigenvalue weighted by atomic mass is 9.91. The van der Waals surface area contributed by atoms with Crippen LogP contribution in [-0.4, -0.2) is 62.0 Å². The molecule has 1 fully saturated rings. The van der Waals surface area contributed by atoms with Crippen LogP contribution in [0.15, 0.2) is 18.2 Å². The lowest BCUT2D eigenvalue weighted by Crippen LogP contribution is -2.39. The number of hydrogen-bond donors (Lipinski definition) is 1. The van der Waals surface area contributed by atoms with Crippen molar-refractivity contribution in [3.05, 3.63) is 29.3 Å². The minimum absolute atomic E-state index is 0.00115. The molecule has 0 saturated carbocycles. The summed E-state index contributed by atoms with van der Waals surface area (Å²) in [6.07, 6.45) is 0. The molecule has 172 valence electrons. The van der Waals surface area contributed by atoms with Gasteiger partial charge in [-0.15, -0.1) is 4.28 Å². The number of hydrogen-bond acceptors (Lipinski definition) is 9. The van der Waals surface area contributed by atoms with E-state index in [2.05, 4.69) is 8.47 Å². The molecule has 2 atom stereocenters. The molecule has 2 aliphatic heterocycles. The fraction of sp³-hybridized carbons (Fsp3) is 0.429. The molecule has 12 nitrogen and oxygen atoms in total. The van der Waals surface area contributed by atoms with E-state index in [-0.39, 0.29) is 29.3 Å². The maximum Gasteiger partial charge on any atom is 0.534 e. The van der Waals surface area contributed by atoms with Crippen LogP contribution in [-0.2, 0) is 34.3 Å². The second-order valence-corrected chi connectivity index (χ2v) is 8.75. The van der Waals surface area contributed by atoms with Crippen LogP contribution in [0.5, 0.6) is 5.75 Å². The van der Waals surface area contributed by atoms with E-state index in [0.29, 0.717) is 0 Å². The van der Waals surface area contributed by atoms with Crippen LogP contribution in [0.2, 0.25) is 0 Å². The molecule has 3 rings (SSSR count). The Balaban J connectivity index is 2.10. The topological polar surface area (TPSA) is 157 Å². The summed E-state index contributed by atoms with van der Waals surface area (Å²) >= 11 is 0. The molecule has 2 amide bonds. The number of nitrogens with zero attached hydrogens (tertiary/aromatic N) is 2. The Morgan fingerprint density at radius 1 is 1.23 bits per heavy atom. The Labute approximate surface area is 173 Å². The smallest absolute Gasteiger partial charge is 0.464 e. The second-order valence-electron chi connectivity index (χ2n) is 6.21. The molecular weight excluding hydrogens is 477 g/mol. The van der Waals surface area contributed by atoms with Crippen molar-refractivity contribution in [3.63, 3.8) is 0 Å². The molecule has 31 heavy (non-hydrogen) atoms. The third-order valence-corrected chi connectivity index (χ3v) is 5.61. The van der Waals surface area contributed by atoms with Crippen LogP contribution in [0.25, 0.3) is 0 Å². The van der Waals surface area contributed by atoms with Gasteiger partial charge in [0.25, 0.3) is 0 Å². The van der Waals surface area contributed by atoms with Gasteiger partial charge in [0.2, 0.25) is 0 Å². The average Bonchev–Trinajstić information content (AvgIpc) is 2.87. The van der Waals surface area contributed by atoms with E-state index in [1.165, 1.54) is 6.92 Å². The summed E-state index contributed by atoms with van der Waals surface area (Å²) in [4.78, 5) is 25.8. The van der Waals surface area contributed by atoms with Crippen molar-refractivity contribution >= 4 is 32.5 Å². The predicted molar refractivity (Wildman–Crippen MR) is 90.7 cm³/mol. The van der Waals surface area contributed by atoms with Crippen molar-refractivity contribution in [1.82, 2.24) is 9.96 Å². The van der Waals surface area contributed by atoms with E-state index < -0.39 is 55.9 Å². The lowest BCUT2D eigenvalue weighted by Gasteiger charge is -2.31. The van der Waals surface area contributed by atoms with Crippen molar-refractivity contribution in [3.8, 4) is 5.75 Å². The summed E-state index contributed by atoms with van der Waals surface area (Å²) in [5, 5.41) is 0.190. The summed E-state index contributed by atoms with van der Waals surface area (Å²) in [6.45, 7) is 0.996. The van der Waals surface area contributed by atoms with Crippen LogP contribution < -0.4 is 4.18 Å². The summed E-state index contributed by atoms with van der Waals surface area (Å²) in [5.41, 5.74) is -5.88. The minimum Gasteiger partial charge on any atom is -0.464 e. The Morgan fingerprint density at radius 3 is 2.42 bits per heavy atom. The van der Waals surface area contributed by atoms with E-state index in [4.69, 9.17) is 9.29 Å². The van der Waals surface area contributed by atoms with Crippen molar-refractivity contribution in [2.45, 2.75) is 24.5 Å².